The monoisotopic (exact) mass is 344 g/mol. The molecular weight excluding hydrogens is 320 g/mol. The maximum Gasteiger partial charge on any atom is 0.313 e. The molecule has 0 amide bonds. The number of carboxylic acids is 1. The first-order valence-electron chi connectivity index (χ1n) is 7.29. The summed E-state index contributed by atoms with van der Waals surface area (Å²) in [6, 6.07) is 3.95. The summed E-state index contributed by atoms with van der Waals surface area (Å²) in [7, 11) is 0. The third-order valence-electron chi connectivity index (χ3n) is 3.56. The van der Waals surface area contributed by atoms with Gasteiger partial charge in [0.2, 0.25) is 5.79 Å². The van der Waals surface area contributed by atoms with Crippen molar-refractivity contribution in [3.8, 4) is 0 Å². The lowest BCUT2D eigenvalue weighted by atomic mass is 9.82. The number of thiophene rings is 1. The standard InChI is InChI=1S/C16H24O4S2/c1-14(2,3)16(19-9-15(4,5)10-20-16)11-6-7-13(22-11)21-8-12(17)18/h6-7H,8-10H2,1-5H3,(H,17,18). The smallest absolute Gasteiger partial charge is 0.313 e. The molecule has 0 spiro atoms. The van der Waals surface area contributed by atoms with E-state index in [4.69, 9.17) is 14.6 Å². The minimum Gasteiger partial charge on any atom is -0.481 e. The van der Waals surface area contributed by atoms with Gasteiger partial charge in [-0.15, -0.1) is 23.1 Å². The Morgan fingerprint density at radius 2 is 1.91 bits per heavy atom. The van der Waals surface area contributed by atoms with Crippen LogP contribution < -0.4 is 0 Å². The Labute approximate surface area is 140 Å². The van der Waals surface area contributed by atoms with Crippen molar-refractivity contribution in [3.63, 3.8) is 0 Å². The maximum atomic E-state index is 10.7. The van der Waals surface area contributed by atoms with Crippen LogP contribution in [0.4, 0.5) is 0 Å². The van der Waals surface area contributed by atoms with Gasteiger partial charge in [-0.05, 0) is 12.1 Å². The third-order valence-corrected chi connectivity index (χ3v) is 5.94. The summed E-state index contributed by atoms with van der Waals surface area (Å²) < 4.78 is 13.4. The second-order valence-corrected chi connectivity index (χ2v) is 9.77. The molecule has 1 aliphatic heterocycles. The predicted molar refractivity (Wildman–Crippen MR) is 89.5 cm³/mol. The van der Waals surface area contributed by atoms with Crippen molar-refractivity contribution in [2.75, 3.05) is 19.0 Å². The molecule has 22 heavy (non-hydrogen) atoms. The lowest BCUT2D eigenvalue weighted by Gasteiger charge is -2.49. The normalized spacial score (nSPS) is 20.8. The first-order valence-corrected chi connectivity index (χ1v) is 9.09. The number of rotatable bonds is 4. The van der Waals surface area contributed by atoms with Gasteiger partial charge in [0.1, 0.15) is 0 Å². The van der Waals surface area contributed by atoms with Gasteiger partial charge in [0.15, 0.2) is 0 Å². The molecule has 0 aliphatic carbocycles. The molecular formula is C16H24O4S2. The highest BCUT2D eigenvalue weighted by atomic mass is 32.2. The molecule has 0 bridgehead atoms. The average molecular weight is 344 g/mol. The van der Waals surface area contributed by atoms with Crippen molar-refractivity contribution in [2.24, 2.45) is 10.8 Å². The van der Waals surface area contributed by atoms with Crippen molar-refractivity contribution >= 4 is 29.1 Å². The van der Waals surface area contributed by atoms with Crippen LogP contribution in [0.1, 0.15) is 39.5 Å². The Balaban J connectivity index is 2.26. The summed E-state index contributed by atoms with van der Waals surface area (Å²) in [5.41, 5.74) is -0.212. The van der Waals surface area contributed by atoms with Gasteiger partial charge >= 0.3 is 5.97 Å². The topological polar surface area (TPSA) is 55.8 Å². The second-order valence-electron chi connectivity index (χ2n) is 7.41. The fourth-order valence-electron chi connectivity index (χ4n) is 2.33. The summed E-state index contributed by atoms with van der Waals surface area (Å²) in [4.78, 5) is 11.7. The molecule has 4 nitrogen and oxygen atoms in total. The SMILES string of the molecule is CC1(C)COC(c2ccc(SCC(=O)O)s2)(C(C)(C)C)OC1. The van der Waals surface area contributed by atoms with E-state index in [1.807, 2.05) is 12.1 Å². The number of hydrogen-bond donors (Lipinski definition) is 1. The minimum absolute atomic E-state index is 0.00684. The van der Waals surface area contributed by atoms with E-state index in [1.54, 1.807) is 11.3 Å². The van der Waals surface area contributed by atoms with Gasteiger partial charge in [-0.3, -0.25) is 4.79 Å². The molecule has 1 aromatic rings. The summed E-state index contributed by atoms with van der Waals surface area (Å²) in [5.74, 6) is -1.51. The fourth-order valence-corrected chi connectivity index (χ4v) is 4.49. The molecule has 0 aromatic carbocycles. The number of aliphatic carboxylic acids is 1. The highest BCUT2D eigenvalue weighted by Crippen LogP contribution is 2.50. The molecule has 0 radical (unpaired) electrons. The molecule has 2 heterocycles. The molecule has 1 fully saturated rings. The quantitative estimate of drug-likeness (QED) is 0.830. The molecule has 0 unspecified atom stereocenters. The van der Waals surface area contributed by atoms with Crippen LogP contribution in [0.3, 0.4) is 0 Å². The highest BCUT2D eigenvalue weighted by Gasteiger charge is 2.51. The van der Waals surface area contributed by atoms with E-state index in [1.165, 1.54) is 11.8 Å². The lowest BCUT2D eigenvalue weighted by molar-refractivity contribution is -0.348. The Morgan fingerprint density at radius 3 is 2.41 bits per heavy atom. The van der Waals surface area contributed by atoms with E-state index in [0.29, 0.717) is 13.2 Å². The number of thioether (sulfide) groups is 1. The van der Waals surface area contributed by atoms with Gasteiger partial charge in [-0.2, -0.15) is 0 Å². The van der Waals surface area contributed by atoms with Crippen molar-refractivity contribution in [1.29, 1.82) is 0 Å². The first-order chi connectivity index (χ1) is 10.1. The zero-order chi connectivity index (χ0) is 16.6. The van der Waals surface area contributed by atoms with Crippen molar-refractivity contribution < 1.29 is 19.4 Å². The molecule has 0 atom stereocenters. The predicted octanol–water partition coefficient (Wildman–Crippen LogP) is 4.20. The summed E-state index contributed by atoms with van der Waals surface area (Å²) >= 11 is 2.89. The van der Waals surface area contributed by atoms with Crippen molar-refractivity contribution in [1.82, 2.24) is 0 Å². The van der Waals surface area contributed by atoms with Crippen LogP contribution in [-0.4, -0.2) is 30.0 Å². The van der Waals surface area contributed by atoms with Gasteiger partial charge in [0, 0.05) is 10.8 Å². The third kappa shape index (κ3) is 3.67. The fraction of sp³-hybridized carbons (Fsp3) is 0.688. The number of carbonyl (C=O) groups is 1. The van der Waals surface area contributed by atoms with Crippen molar-refractivity contribution in [2.45, 2.75) is 44.6 Å². The van der Waals surface area contributed by atoms with Gasteiger partial charge in [-0.25, -0.2) is 0 Å². The second kappa shape index (κ2) is 6.15. The number of hydrogen-bond acceptors (Lipinski definition) is 5. The minimum atomic E-state index is -0.808. The summed E-state index contributed by atoms with van der Waals surface area (Å²) in [5, 5.41) is 8.80. The van der Waals surface area contributed by atoms with Crippen LogP contribution in [-0.2, 0) is 20.1 Å². The van der Waals surface area contributed by atoms with Gasteiger partial charge in [0.25, 0.3) is 0 Å². The summed E-state index contributed by atoms with van der Waals surface area (Å²) in [6.07, 6.45) is 0. The van der Waals surface area contributed by atoms with Crippen LogP contribution in [0.2, 0.25) is 0 Å². The summed E-state index contributed by atoms with van der Waals surface area (Å²) in [6.45, 7) is 11.9. The van der Waals surface area contributed by atoms with E-state index in [0.717, 1.165) is 9.09 Å². The Kier molecular flexibility index (Phi) is 4.97. The molecule has 0 saturated carbocycles. The lowest BCUT2D eigenvalue weighted by Crippen LogP contribution is -2.52. The molecule has 1 aliphatic rings. The molecule has 6 heteroatoms. The van der Waals surface area contributed by atoms with Crippen LogP contribution in [0.25, 0.3) is 0 Å². The Bertz CT molecular complexity index is 533. The van der Waals surface area contributed by atoms with E-state index in [2.05, 4.69) is 34.6 Å². The van der Waals surface area contributed by atoms with Crippen LogP contribution >= 0.6 is 23.1 Å². The average Bonchev–Trinajstić information content (AvgIpc) is 2.84. The van der Waals surface area contributed by atoms with Crippen LogP contribution in [0.15, 0.2) is 16.3 Å². The van der Waals surface area contributed by atoms with E-state index < -0.39 is 11.8 Å². The zero-order valence-electron chi connectivity index (χ0n) is 13.8. The van der Waals surface area contributed by atoms with E-state index in [9.17, 15) is 4.79 Å². The Hall–Kier alpha value is -0.560. The Morgan fingerprint density at radius 1 is 1.32 bits per heavy atom. The van der Waals surface area contributed by atoms with Crippen LogP contribution in [0, 0.1) is 10.8 Å². The van der Waals surface area contributed by atoms with Gasteiger partial charge in [-0.1, -0.05) is 34.6 Å². The molecule has 1 aromatic heterocycles. The number of carboxylic acid groups (broad SMARTS) is 1. The first kappa shape index (κ1) is 17.8. The molecule has 1 saturated heterocycles. The van der Waals surface area contributed by atoms with Gasteiger partial charge < -0.3 is 14.6 Å². The van der Waals surface area contributed by atoms with Gasteiger partial charge in [0.05, 0.1) is 28.1 Å². The molecule has 1 N–H and O–H groups in total. The molecule has 2 rings (SSSR count). The maximum absolute atomic E-state index is 10.7. The largest absolute Gasteiger partial charge is 0.481 e. The van der Waals surface area contributed by atoms with E-state index in [-0.39, 0.29) is 16.6 Å². The van der Waals surface area contributed by atoms with Crippen molar-refractivity contribution in [3.05, 3.63) is 17.0 Å². The highest BCUT2D eigenvalue weighted by molar-refractivity contribution is 8.01. The van der Waals surface area contributed by atoms with E-state index >= 15 is 0 Å². The number of ether oxygens (including phenoxy) is 2. The zero-order valence-corrected chi connectivity index (χ0v) is 15.4. The molecule has 124 valence electrons. The van der Waals surface area contributed by atoms with Crippen LogP contribution in [0.5, 0.6) is 0 Å².